The van der Waals surface area contributed by atoms with E-state index in [0.717, 1.165) is 21.0 Å². The molecule has 0 aromatic heterocycles. The highest BCUT2D eigenvalue weighted by molar-refractivity contribution is 7.92. The number of carbonyl (C=O) groups is 2. The second-order valence-corrected chi connectivity index (χ2v) is 10.9. The van der Waals surface area contributed by atoms with Crippen LogP contribution in [0, 0.1) is 13.8 Å². The van der Waals surface area contributed by atoms with E-state index in [1.54, 1.807) is 50.2 Å². The number of methoxy groups -OCH3 is 1. The Balaban J connectivity index is 2.08. The number of ether oxygens (including phenoxy) is 1. The molecule has 0 bridgehead atoms. The lowest BCUT2D eigenvalue weighted by Gasteiger charge is -2.32. The number of likely N-dealkylation sites (N-methyl/N-ethyl adjacent to an activating group) is 1. The molecule has 9 heteroatoms. The summed E-state index contributed by atoms with van der Waals surface area (Å²) in [6.45, 7) is 7.26. The summed E-state index contributed by atoms with van der Waals surface area (Å²) in [6.07, 6.45) is 0. The summed E-state index contributed by atoms with van der Waals surface area (Å²) in [4.78, 5) is 28.2. The van der Waals surface area contributed by atoms with E-state index in [1.807, 2.05) is 38.1 Å². The first-order valence-corrected chi connectivity index (χ1v) is 13.9. The third-order valence-corrected chi connectivity index (χ3v) is 7.98. The Kier molecular flexibility index (Phi) is 9.52. The fraction of sp³-hybridized carbons (Fsp3) is 0.310. The van der Waals surface area contributed by atoms with Gasteiger partial charge in [-0.25, -0.2) is 8.42 Å². The predicted molar refractivity (Wildman–Crippen MR) is 149 cm³/mol. The highest BCUT2D eigenvalue weighted by Crippen LogP contribution is 2.33. The zero-order valence-corrected chi connectivity index (χ0v) is 23.3. The Morgan fingerprint density at radius 2 is 1.58 bits per heavy atom. The average molecular weight is 538 g/mol. The van der Waals surface area contributed by atoms with Crippen molar-refractivity contribution in [2.75, 3.05) is 24.5 Å². The van der Waals surface area contributed by atoms with E-state index >= 15 is 0 Å². The smallest absolute Gasteiger partial charge is 0.264 e. The zero-order chi connectivity index (χ0) is 27.9. The Morgan fingerprint density at radius 3 is 2.18 bits per heavy atom. The number of nitrogens with one attached hydrogen (secondary N) is 1. The van der Waals surface area contributed by atoms with E-state index in [4.69, 9.17) is 4.74 Å². The summed E-state index contributed by atoms with van der Waals surface area (Å²) in [5.74, 6) is -0.532. The van der Waals surface area contributed by atoms with Crippen LogP contribution in [0.5, 0.6) is 5.75 Å². The van der Waals surface area contributed by atoms with Crippen LogP contribution in [0.4, 0.5) is 5.69 Å². The van der Waals surface area contributed by atoms with E-state index < -0.39 is 28.5 Å². The number of aryl methyl sites for hydroxylation is 2. The maximum Gasteiger partial charge on any atom is 0.264 e. The zero-order valence-electron chi connectivity index (χ0n) is 22.5. The van der Waals surface area contributed by atoms with Crippen LogP contribution in [-0.4, -0.2) is 51.4 Å². The van der Waals surface area contributed by atoms with Crippen LogP contribution < -0.4 is 14.4 Å². The molecule has 0 heterocycles. The maximum atomic E-state index is 13.9. The SMILES string of the molecule is CCNC(=O)[C@@H](C)N(Cc1ccc(C)cc1)C(=O)CN(c1cc(C)ccc1OC)S(=O)(=O)c1ccccc1. The first-order chi connectivity index (χ1) is 18.1. The minimum atomic E-state index is -4.16. The highest BCUT2D eigenvalue weighted by atomic mass is 32.2. The first-order valence-electron chi connectivity index (χ1n) is 12.4. The van der Waals surface area contributed by atoms with Gasteiger partial charge in [0.15, 0.2) is 0 Å². The number of carbonyl (C=O) groups excluding carboxylic acids is 2. The predicted octanol–water partition coefficient (Wildman–Crippen LogP) is 4.06. The van der Waals surface area contributed by atoms with Gasteiger partial charge >= 0.3 is 0 Å². The van der Waals surface area contributed by atoms with Crippen molar-refractivity contribution in [3.63, 3.8) is 0 Å². The van der Waals surface area contributed by atoms with Gasteiger partial charge in [-0.05, 0) is 63.1 Å². The number of nitrogens with zero attached hydrogens (tertiary/aromatic N) is 2. The molecule has 0 saturated carbocycles. The summed E-state index contributed by atoms with van der Waals surface area (Å²) >= 11 is 0. The lowest BCUT2D eigenvalue weighted by molar-refractivity contribution is -0.139. The molecule has 202 valence electrons. The van der Waals surface area contributed by atoms with Crippen molar-refractivity contribution in [3.8, 4) is 5.75 Å². The average Bonchev–Trinajstić information content (AvgIpc) is 2.91. The summed E-state index contributed by atoms with van der Waals surface area (Å²) in [6, 6.07) is 19.9. The molecule has 38 heavy (non-hydrogen) atoms. The van der Waals surface area contributed by atoms with Crippen LogP contribution in [-0.2, 0) is 26.2 Å². The van der Waals surface area contributed by atoms with Crippen LogP contribution >= 0.6 is 0 Å². The van der Waals surface area contributed by atoms with Crippen molar-refractivity contribution in [2.24, 2.45) is 0 Å². The Labute approximate surface area is 225 Å². The molecule has 3 aromatic rings. The molecule has 0 unspecified atom stereocenters. The lowest BCUT2D eigenvalue weighted by Crippen LogP contribution is -2.51. The van der Waals surface area contributed by atoms with Gasteiger partial charge < -0.3 is 15.0 Å². The van der Waals surface area contributed by atoms with Crippen molar-refractivity contribution < 1.29 is 22.7 Å². The van der Waals surface area contributed by atoms with E-state index in [-0.39, 0.29) is 23.0 Å². The molecule has 1 N–H and O–H groups in total. The van der Waals surface area contributed by atoms with Gasteiger partial charge in [-0.2, -0.15) is 0 Å². The summed E-state index contributed by atoms with van der Waals surface area (Å²) < 4.78 is 34.3. The molecule has 0 aliphatic carbocycles. The van der Waals surface area contributed by atoms with Gasteiger partial charge in [-0.3, -0.25) is 13.9 Å². The van der Waals surface area contributed by atoms with Crippen LogP contribution in [0.15, 0.2) is 77.7 Å². The fourth-order valence-electron chi connectivity index (χ4n) is 4.02. The van der Waals surface area contributed by atoms with Crippen LogP contribution in [0.1, 0.15) is 30.5 Å². The second-order valence-electron chi connectivity index (χ2n) is 9.08. The van der Waals surface area contributed by atoms with Gasteiger partial charge in [0.25, 0.3) is 10.0 Å². The molecule has 2 amide bonds. The topological polar surface area (TPSA) is 96.0 Å². The molecule has 0 fully saturated rings. The molecule has 0 aliphatic heterocycles. The summed E-state index contributed by atoms with van der Waals surface area (Å²) in [7, 11) is -2.71. The van der Waals surface area contributed by atoms with Crippen molar-refractivity contribution in [3.05, 3.63) is 89.5 Å². The number of hydrogen-bond acceptors (Lipinski definition) is 5. The molecule has 0 aliphatic rings. The largest absolute Gasteiger partial charge is 0.495 e. The van der Waals surface area contributed by atoms with Crippen molar-refractivity contribution in [2.45, 2.75) is 45.2 Å². The molecule has 1 atom stereocenters. The van der Waals surface area contributed by atoms with Gasteiger partial charge in [0.05, 0.1) is 17.7 Å². The van der Waals surface area contributed by atoms with Gasteiger partial charge in [-0.15, -0.1) is 0 Å². The van der Waals surface area contributed by atoms with Crippen LogP contribution in [0.3, 0.4) is 0 Å². The summed E-state index contributed by atoms with van der Waals surface area (Å²) in [5.41, 5.74) is 2.93. The van der Waals surface area contributed by atoms with E-state index in [2.05, 4.69) is 5.32 Å². The van der Waals surface area contributed by atoms with Crippen molar-refractivity contribution in [1.29, 1.82) is 0 Å². The van der Waals surface area contributed by atoms with Crippen molar-refractivity contribution >= 4 is 27.5 Å². The Hall–Kier alpha value is -3.85. The molecule has 8 nitrogen and oxygen atoms in total. The normalized spacial score (nSPS) is 11.9. The molecule has 0 spiro atoms. The number of sulfonamides is 1. The van der Waals surface area contributed by atoms with Crippen LogP contribution in [0.2, 0.25) is 0 Å². The Morgan fingerprint density at radius 1 is 0.947 bits per heavy atom. The molecular weight excluding hydrogens is 502 g/mol. The minimum Gasteiger partial charge on any atom is -0.495 e. The monoisotopic (exact) mass is 537 g/mol. The number of anilines is 1. The van der Waals surface area contributed by atoms with Gasteiger partial charge in [0, 0.05) is 13.1 Å². The highest BCUT2D eigenvalue weighted by Gasteiger charge is 2.33. The van der Waals surface area contributed by atoms with Gasteiger partial charge in [0.1, 0.15) is 18.3 Å². The molecule has 3 aromatic carbocycles. The van der Waals surface area contributed by atoms with E-state index in [9.17, 15) is 18.0 Å². The number of rotatable bonds is 11. The summed E-state index contributed by atoms with van der Waals surface area (Å²) in [5, 5.41) is 2.76. The molecular formula is C29H35N3O5S. The fourth-order valence-corrected chi connectivity index (χ4v) is 5.46. The maximum absolute atomic E-state index is 13.9. The van der Waals surface area contributed by atoms with Crippen molar-refractivity contribution in [1.82, 2.24) is 10.2 Å². The molecule has 0 radical (unpaired) electrons. The van der Waals surface area contributed by atoms with E-state index in [1.165, 1.54) is 24.1 Å². The second kappa shape index (κ2) is 12.6. The third kappa shape index (κ3) is 6.72. The quantitative estimate of drug-likeness (QED) is 0.398. The van der Waals surface area contributed by atoms with Gasteiger partial charge in [0.2, 0.25) is 11.8 Å². The number of benzene rings is 3. The number of amides is 2. The Bertz CT molecular complexity index is 1360. The standard InChI is InChI=1S/C29H35N3O5S/c1-6-30-29(34)23(4)31(19-24-15-12-21(2)13-16-24)28(33)20-32(26-18-22(3)14-17-27(26)37-5)38(35,36)25-10-8-7-9-11-25/h7-18,23H,6,19-20H2,1-5H3,(H,30,34)/t23-/m1/s1. The van der Waals surface area contributed by atoms with E-state index in [0.29, 0.717) is 12.3 Å². The third-order valence-electron chi connectivity index (χ3n) is 6.20. The first kappa shape index (κ1) is 28.7. The van der Waals surface area contributed by atoms with Crippen LogP contribution in [0.25, 0.3) is 0 Å². The van der Waals surface area contributed by atoms with Gasteiger partial charge in [-0.1, -0.05) is 54.1 Å². The minimum absolute atomic E-state index is 0.0400. The molecule has 0 saturated heterocycles. The lowest BCUT2D eigenvalue weighted by atomic mass is 10.1. The number of hydrogen-bond donors (Lipinski definition) is 1. The molecule has 3 rings (SSSR count).